The Morgan fingerprint density at radius 2 is 2.20 bits per heavy atom. The molecule has 1 aromatic rings. The summed E-state index contributed by atoms with van der Waals surface area (Å²) >= 11 is 0. The summed E-state index contributed by atoms with van der Waals surface area (Å²) in [4.78, 5) is 4.06. The molecule has 0 aromatic carbocycles. The number of hydrogen-bond donors (Lipinski definition) is 2. The van der Waals surface area contributed by atoms with E-state index in [1.165, 1.54) is 6.33 Å². The zero-order chi connectivity index (χ0) is 15.2. The number of rotatable bonds is 6. The summed E-state index contributed by atoms with van der Waals surface area (Å²) in [5.74, 6) is 5.82. The number of unbranched alkanes of at least 4 members (excludes halogenated alkanes) is 2. The molecule has 4 nitrogen and oxygen atoms in total. The molecule has 0 amide bonds. The van der Waals surface area contributed by atoms with E-state index in [2.05, 4.69) is 33.9 Å². The van der Waals surface area contributed by atoms with Crippen LogP contribution in [-0.4, -0.2) is 32.6 Å². The normalized spacial score (nSPS) is 16.1. The summed E-state index contributed by atoms with van der Waals surface area (Å²) in [5.41, 5.74) is -2.50. The van der Waals surface area contributed by atoms with Gasteiger partial charge in [-0.2, -0.15) is 5.10 Å². The zero-order valence-corrected chi connectivity index (χ0v) is 12.7. The fraction of sp³-hybridized carbons (Fsp3) is 0.733. The molecular formula is C15H24FN3O. The Morgan fingerprint density at radius 3 is 2.70 bits per heavy atom. The lowest BCUT2D eigenvalue weighted by molar-refractivity contribution is -0.0477. The third-order valence-corrected chi connectivity index (χ3v) is 3.75. The minimum absolute atomic E-state index is 0.443. The first-order chi connectivity index (χ1) is 9.39. The van der Waals surface area contributed by atoms with Gasteiger partial charge < -0.3 is 5.11 Å². The van der Waals surface area contributed by atoms with Crippen LogP contribution in [0.1, 0.15) is 58.7 Å². The Labute approximate surface area is 120 Å². The molecule has 0 saturated heterocycles. The van der Waals surface area contributed by atoms with Crippen molar-refractivity contribution in [2.24, 2.45) is 5.41 Å². The molecule has 1 heterocycles. The molecule has 1 aromatic heterocycles. The lowest BCUT2D eigenvalue weighted by Crippen LogP contribution is -2.49. The minimum Gasteiger partial charge on any atom is -0.376 e. The number of aromatic amines is 1. The third kappa shape index (κ3) is 3.37. The first-order valence-corrected chi connectivity index (χ1v) is 7.03. The number of aromatic nitrogens is 3. The van der Waals surface area contributed by atoms with Crippen molar-refractivity contribution in [3.8, 4) is 11.8 Å². The van der Waals surface area contributed by atoms with E-state index in [0.29, 0.717) is 12.2 Å². The van der Waals surface area contributed by atoms with Gasteiger partial charge in [-0.25, -0.2) is 4.98 Å². The van der Waals surface area contributed by atoms with E-state index >= 15 is 0 Å². The largest absolute Gasteiger partial charge is 0.376 e. The van der Waals surface area contributed by atoms with E-state index in [1.54, 1.807) is 20.8 Å². The highest BCUT2D eigenvalue weighted by Crippen LogP contribution is 2.40. The molecule has 0 aliphatic rings. The predicted octanol–water partition coefficient (Wildman–Crippen LogP) is 2.83. The monoisotopic (exact) mass is 281 g/mol. The van der Waals surface area contributed by atoms with E-state index in [4.69, 9.17) is 0 Å². The van der Waals surface area contributed by atoms with Gasteiger partial charge in [-0.05, 0) is 6.42 Å². The summed E-state index contributed by atoms with van der Waals surface area (Å²) in [6.45, 7) is 6.53. The van der Waals surface area contributed by atoms with Crippen LogP contribution >= 0.6 is 0 Å². The molecule has 20 heavy (non-hydrogen) atoms. The Balaban J connectivity index is 3.09. The molecule has 1 rings (SSSR count). The molecular weight excluding hydrogens is 257 g/mol. The lowest BCUT2D eigenvalue weighted by atomic mass is 9.69. The Morgan fingerprint density at radius 1 is 1.50 bits per heavy atom. The van der Waals surface area contributed by atoms with Gasteiger partial charge in [0.05, 0.1) is 12.6 Å². The van der Waals surface area contributed by atoms with Crippen molar-refractivity contribution < 1.29 is 9.50 Å². The van der Waals surface area contributed by atoms with Crippen LogP contribution in [0.3, 0.4) is 0 Å². The lowest BCUT2D eigenvalue weighted by Gasteiger charge is -2.40. The predicted molar refractivity (Wildman–Crippen MR) is 76.8 cm³/mol. The molecule has 0 bridgehead atoms. The summed E-state index contributed by atoms with van der Waals surface area (Å²) in [7, 11) is 0. The van der Waals surface area contributed by atoms with Crippen molar-refractivity contribution in [2.45, 2.75) is 58.5 Å². The number of H-pyrrole nitrogens is 1. The molecule has 0 radical (unpaired) electrons. The summed E-state index contributed by atoms with van der Waals surface area (Å²) in [5, 5.41) is 17.6. The summed E-state index contributed by atoms with van der Waals surface area (Å²) in [6, 6.07) is 0. The average Bonchev–Trinajstić information content (AvgIpc) is 2.96. The van der Waals surface area contributed by atoms with Crippen molar-refractivity contribution in [1.82, 2.24) is 15.2 Å². The SMILES string of the molecule is CCCCC#CC(O)(C(C)c1nc[nH]n1)C(C)(C)CF. The van der Waals surface area contributed by atoms with Crippen LogP contribution in [0.15, 0.2) is 6.33 Å². The maximum absolute atomic E-state index is 13.4. The Bertz CT molecular complexity index is 461. The topological polar surface area (TPSA) is 61.8 Å². The molecule has 2 unspecified atom stereocenters. The van der Waals surface area contributed by atoms with Crippen molar-refractivity contribution in [1.29, 1.82) is 0 Å². The molecule has 2 N–H and O–H groups in total. The summed E-state index contributed by atoms with van der Waals surface area (Å²) < 4.78 is 13.4. The second-order valence-corrected chi connectivity index (χ2v) is 5.77. The highest BCUT2D eigenvalue weighted by atomic mass is 19.1. The number of nitrogens with zero attached hydrogens (tertiary/aromatic N) is 2. The molecule has 5 heteroatoms. The number of nitrogens with one attached hydrogen (secondary N) is 1. The molecule has 0 aliphatic heterocycles. The van der Waals surface area contributed by atoms with E-state index in [-0.39, 0.29) is 0 Å². The third-order valence-electron chi connectivity index (χ3n) is 3.75. The van der Waals surface area contributed by atoms with Crippen LogP contribution in [0.5, 0.6) is 0 Å². The Hall–Kier alpha value is -1.41. The van der Waals surface area contributed by atoms with Crippen molar-refractivity contribution in [3.63, 3.8) is 0 Å². The molecule has 0 fully saturated rings. The van der Waals surface area contributed by atoms with E-state index in [1.807, 2.05) is 0 Å². The quantitative estimate of drug-likeness (QED) is 0.622. The van der Waals surface area contributed by atoms with Gasteiger partial charge in [-0.3, -0.25) is 9.49 Å². The van der Waals surface area contributed by atoms with Crippen LogP contribution < -0.4 is 0 Å². The van der Waals surface area contributed by atoms with Crippen molar-refractivity contribution in [2.75, 3.05) is 6.67 Å². The van der Waals surface area contributed by atoms with E-state index < -0.39 is 23.6 Å². The average molecular weight is 281 g/mol. The standard InChI is InChI=1S/C15H24FN3O/c1-5-6-7-8-9-15(20,14(3,4)10-16)12(2)13-17-11-18-19-13/h11-12,20H,5-7,10H2,1-4H3,(H,17,18,19). The van der Waals surface area contributed by atoms with Crippen LogP contribution in [0.4, 0.5) is 4.39 Å². The maximum Gasteiger partial charge on any atom is 0.157 e. The van der Waals surface area contributed by atoms with Gasteiger partial charge in [-0.1, -0.05) is 40.0 Å². The van der Waals surface area contributed by atoms with Gasteiger partial charge in [0.25, 0.3) is 0 Å². The zero-order valence-electron chi connectivity index (χ0n) is 12.7. The van der Waals surface area contributed by atoms with E-state index in [0.717, 1.165) is 12.8 Å². The van der Waals surface area contributed by atoms with Crippen molar-refractivity contribution in [3.05, 3.63) is 12.2 Å². The fourth-order valence-electron chi connectivity index (χ4n) is 2.04. The number of halogens is 1. The number of aliphatic hydroxyl groups is 1. The fourth-order valence-corrected chi connectivity index (χ4v) is 2.04. The van der Waals surface area contributed by atoms with Crippen LogP contribution in [0.25, 0.3) is 0 Å². The van der Waals surface area contributed by atoms with Crippen molar-refractivity contribution >= 4 is 0 Å². The first kappa shape index (κ1) is 16.6. The highest BCUT2D eigenvalue weighted by Gasteiger charge is 2.48. The van der Waals surface area contributed by atoms with E-state index in [9.17, 15) is 9.50 Å². The molecule has 0 saturated carbocycles. The second kappa shape index (κ2) is 6.85. The number of alkyl halides is 1. The van der Waals surface area contributed by atoms with Gasteiger partial charge in [-0.15, -0.1) is 5.92 Å². The van der Waals surface area contributed by atoms with Gasteiger partial charge in [0.1, 0.15) is 11.9 Å². The Kier molecular flexibility index (Phi) is 5.70. The first-order valence-electron chi connectivity index (χ1n) is 7.03. The van der Waals surface area contributed by atoms with Gasteiger partial charge >= 0.3 is 0 Å². The van der Waals surface area contributed by atoms with Crippen LogP contribution in [0.2, 0.25) is 0 Å². The second-order valence-electron chi connectivity index (χ2n) is 5.77. The summed E-state index contributed by atoms with van der Waals surface area (Å²) in [6.07, 6.45) is 4.14. The molecule has 112 valence electrons. The molecule has 2 atom stereocenters. The number of hydrogen-bond acceptors (Lipinski definition) is 3. The van der Waals surface area contributed by atoms with Crippen LogP contribution in [-0.2, 0) is 0 Å². The highest BCUT2D eigenvalue weighted by molar-refractivity contribution is 5.25. The maximum atomic E-state index is 13.4. The molecule has 0 aliphatic carbocycles. The van der Waals surface area contributed by atoms with Crippen LogP contribution in [0, 0.1) is 17.3 Å². The smallest absolute Gasteiger partial charge is 0.157 e. The molecule has 0 spiro atoms. The van der Waals surface area contributed by atoms with Gasteiger partial charge in [0, 0.05) is 11.8 Å². The van der Waals surface area contributed by atoms with Gasteiger partial charge in [0.15, 0.2) is 5.82 Å². The van der Waals surface area contributed by atoms with Gasteiger partial charge in [0.2, 0.25) is 0 Å². The minimum atomic E-state index is -1.50.